The molecule has 5 nitrogen and oxygen atoms in total. The molecule has 0 spiro atoms. The molecule has 2 heterocycles. The lowest BCUT2D eigenvalue weighted by molar-refractivity contribution is -0.135. The monoisotopic (exact) mass is 250 g/mol. The number of furan rings is 1. The van der Waals surface area contributed by atoms with Crippen LogP contribution in [0.4, 0.5) is 0 Å². The molecule has 0 bridgehead atoms. The van der Waals surface area contributed by atoms with E-state index in [1.54, 1.807) is 11.0 Å². The van der Waals surface area contributed by atoms with E-state index >= 15 is 0 Å². The van der Waals surface area contributed by atoms with Crippen molar-refractivity contribution in [1.82, 2.24) is 9.80 Å². The van der Waals surface area contributed by atoms with E-state index in [1.165, 1.54) is 12.5 Å². The second-order valence-corrected chi connectivity index (χ2v) is 4.78. The van der Waals surface area contributed by atoms with E-state index in [0.29, 0.717) is 31.7 Å². The van der Waals surface area contributed by atoms with Crippen LogP contribution in [-0.4, -0.2) is 47.8 Å². The highest BCUT2D eigenvalue weighted by atomic mass is 16.3. The third-order valence-electron chi connectivity index (χ3n) is 3.14. The number of nitrogens with zero attached hydrogens (tertiary/aromatic N) is 2. The molecule has 98 valence electrons. The predicted octanol–water partition coefficient (Wildman–Crippen LogP) is 1.22. The van der Waals surface area contributed by atoms with Crippen molar-refractivity contribution >= 4 is 11.8 Å². The van der Waals surface area contributed by atoms with Gasteiger partial charge >= 0.3 is 0 Å². The second-order valence-electron chi connectivity index (χ2n) is 4.78. The zero-order valence-corrected chi connectivity index (χ0v) is 10.8. The van der Waals surface area contributed by atoms with Gasteiger partial charge in [0.2, 0.25) is 5.91 Å². The van der Waals surface area contributed by atoms with E-state index in [0.717, 1.165) is 0 Å². The number of carbonyl (C=O) groups excluding carboxylic acids is 2. The first kappa shape index (κ1) is 12.7. The van der Waals surface area contributed by atoms with Crippen molar-refractivity contribution in [2.45, 2.75) is 13.8 Å². The van der Waals surface area contributed by atoms with E-state index in [4.69, 9.17) is 4.42 Å². The Morgan fingerprint density at radius 2 is 1.78 bits per heavy atom. The van der Waals surface area contributed by atoms with Crippen LogP contribution in [0.25, 0.3) is 0 Å². The minimum atomic E-state index is -0.0274. The van der Waals surface area contributed by atoms with Crippen molar-refractivity contribution in [2.75, 3.05) is 26.2 Å². The van der Waals surface area contributed by atoms with Gasteiger partial charge in [0.1, 0.15) is 6.26 Å². The first-order valence-electron chi connectivity index (χ1n) is 6.20. The summed E-state index contributed by atoms with van der Waals surface area (Å²) in [4.78, 5) is 27.4. The summed E-state index contributed by atoms with van der Waals surface area (Å²) in [6.07, 6.45) is 2.94. The lowest BCUT2D eigenvalue weighted by Gasteiger charge is -2.35. The largest absolute Gasteiger partial charge is 0.472 e. The van der Waals surface area contributed by atoms with Crippen LogP contribution in [0.2, 0.25) is 0 Å². The molecular weight excluding hydrogens is 232 g/mol. The van der Waals surface area contributed by atoms with Crippen LogP contribution < -0.4 is 0 Å². The Kier molecular flexibility index (Phi) is 3.69. The van der Waals surface area contributed by atoms with E-state index in [2.05, 4.69) is 0 Å². The van der Waals surface area contributed by atoms with E-state index in [-0.39, 0.29) is 17.7 Å². The molecular formula is C13H18N2O3. The molecule has 1 fully saturated rings. The van der Waals surface area contributed by atoms with Crippen LogP contribution in [0, 0.1) is 5.92 Å². The Balaban J connectivity index is 1.91. The van der Waals surface area contributed by atoms with Gasteiger partial charge in [0.25, 0.3) is 5.91 Å². The fourth-order valence-corrected chi connectivity index (χ4v) is 2.06. The summed E-state index contributed by atoms with van der Waals surface area (Å²) < 4.78 is 4.91. The first-order valence-corrected chi connectivity index (χ1v) is 6.20. The molecule has 1 aliphatic heterocycles. The van der Waals surface area contributed by atoms with Gasteiger partial charge in [-0.3, -0.25) is 9.59 Å². The van der Waals surface area contributed by atoms with E-state index in [1.807, 2.05) is 18.7 Å². The number of piperazine rings is 1. The molecule has 0 aromatic carbocycles. The van der Waals surface area contributed by atoms with Crippen LogP contribution in [0.15, 0.2) is 23.0 Å². The molecule has 0 unspecified atom stereocenters. The standard InChI is InChI=1S/C13H18N2O3/c1-10(2)12(16)14-4-6-15(7-5-14)13(17)11-3-8-18-9-11/h3,8-10H,4-7H2,1-2H3. The number of hydrogen-bond acceptors (Lipinski definition) is 3. The Morgan fingerprint density at radius 3 is 2.28 bits per heavy atom. The maximum atomic E-state index is 12.0. The van der Waals surface area contributed by atoms with Gasteiger partial charge in [-0.2, -0.15) is 0 Å². The molecule has 2 amide bonds. The summed E-state index contributed by atoms with van der Waals surface area (Å²) in [6.45, 7) is 6.18. The Bertz CT molecular complexity index is 417. The van der Waals surface area contributed by atoms with Crippen molar-refractivity contribution in [3.63, 3.8) is 0 Å². The zero-order valence-electron chi connectivity index (χ0n) is 10.8. The zero-order chi connectivity index (χ0) is 13.1. The fourth-order valence-electron chi connectivity index (χ4n) is 2.06. The van der Waals surface area contributed by atoms with Crippen molar-refractivity contribution < 1.29 is 14.0 Å². The third-order valence-corrected chi connectivity index (χ3v) is 3.14. The number of hydrogen-bond donors (Lipinski definition) is 0. The van der Waals surface area contributed by atoms with Gasteiger partial charge < -0.3 is 14.2 Å². The van der Waals surface area contributed by atoms with Crippen LogP contribution in [0.3, 0.4) is 0 Å². The molecule has 1 saturated heterocycles. The number of carbonyl (C=O) groups is 2. The SMILES string of the molecule is CC(C)C(=O)N1CCN(C(=O)c2ccoc2)CC1. The molecule has 0 saturated carbocycles. The number of amides is 2. The Hall–Kier alpha value is -1.78. The fraction of sp³-hybridized carbons (Fsp3) is 0.538. The molecule has 0 N–H and O–H groups in total. The minimum Gasteiger partial charge on any atom is -0.472 e. The maximum Gasteiger partial charge on any atom is 0.257 e. The molecule has 0 atom stereocenters. The van der Waals surface area contributed by atoms with Gasteiger partial charge in [0.15, 0.2) is 0 Å². The molecule has 1 aromatic rings. The highest BCUT2D eigenvalue weighted by Crippen LogP contribution is 2.11. The molecule has 1 aromatic heterocycles. The quantitative estimate of drug-likeness (QED) is 0.793. The molecule has 0 aliphatic carbocycles. The topological polar surface area (TPSA) is 53.8 Å². The summed E-state index contributed by atoms with van der Waals surface area (Å²) in [5.74, 6) is 0.145. The molecule has 0 radical (unpaired) electrons. The minimum absolute atomic E-state index is 0.0149. The molecule has 18 heavy (non-hydrogen) atoms. The van der Waals surface area contributed by atoms with E-state index < -0.39 is 0 Å². The Labute approximate surface area is 106 Å². The van der Waals surface area contributed by atoms with Gasteiger partial charge in [-0.05, 0) is 6.07 Å². The Morgan fingerprint density at radius 1 is 1.17 bits per heavy atom. The van der Waals surface area contributed by atoms with Gasteiger partial charge in [0, 0.05) is 32.1 Å². The first-order chi connectivity index (χ1) is 8.59. The second kappa shape index (κ2) is 5.25. The van der Waals surface area contributed by atoms with Crippen LogP contribution in [-0.2, 0) is 4.79 Å². The van der Waals surface area contributed by atoms with Gasteiger partial charge in [0.05, 0.1) is 11.8 Å². The normalized spacial score (nSPS) is 16.2. The van der Waals surface area contributed by atoms with Crippen molar-refractivity contribution in [3.05, 3.63) is 24.2 Å². The lowest BCUT2D eigenvalue weighted by atomic mass is 10.1. The van der Waals surface area contributed by atoms with E-state index in [9.17, 15) is 9.59 Å². The van der Waals surface area contributed by atoms with Crippen molar-refractivity contribution in [1.29, 1.82) is 0 Å². The van der Waals surface area contributed by atoms with Crippen LogP contribution >= 0.6 is 0 Å². The van der Waals surface area contributed by atoms with Crippen molar-refractivity contribution in [2.24, 2.45) is 5.92 Å². The average Bonchev–Trinajstić information content (AvgIpc) is 2.91. The van der Waals surface area contributed by atoms with Crippen LogP contribution in [0.5, 0.6) is 0 Å². The summed E-state index contributed by atoms with van der Waals surface area (Å²) in [5.41, 5.74) is 0.568. The maximum absolute atomic E-state index is 12.0. The highest BCUT2D eigenvalue weighted by molar-refractivity contribution is 5.94. The lowest BCUT2D eigenvalue weighted by Crippen LogP contribution is -2.51. The van der Waals surface area contributed by atoms with Gasteiger partial charge in [-0.25, -0.2) is 0 Å². The predicted molar refractivity (Wildman–Crippen MR) is 66.0 cm³/mol. The van der Waals surface area contributed by atoms with Crippen LogP contribution in [0.1, 0.15) is 24.2 Å². The highest BCUT2D eigenvalue weighted by Gasteiger charge is 2.26. The molecule has 2 rings (SSSR count). The molecule has 1 aliphatic rings. The van der Waals surface area contributed by atoms with Gasteiger partial charge in [-0.1, -0.05) is 13.8 Å². The summed E-state index contributed by atoms with van der Waals surface area (Å²) in [7, 11) is 0. The summed E-state index contributed by atoms with van der Waals surface area (Å²) in [6, 6.07) is 1.66. The van der Waals surface area contributed by atoms with Crippen molar-refractivity contribution in [3.8, 4) is 0 Å². The van der Waals surface area contributed by atoms with Gasteiger partial charge in [-0.15, -0.1) is 0 Å². The smallest absolute Gasteiger partial charge is 0.257 e. The summed E-state index contributed by atoms with van der Waals surface area (Å²) in [5, 5.41) is 0. The molecule has 5 heteroatoms. The number of rotatable bonds is 2. The average molecular weight is 250 g/mol. The summed E-state index contributed by atoms with van der Waals surface area (Å²) >= 11 is 0. The third kappa shape index (κ3) is 2.55.